The number of ether oxygens (including phenoxy) is 2. The minimum atomic E-state index is -0.203. The van der Waals surface area contributed by atoms with E-state index in [-0.39, 0.29) is 17.8 Å². The number of para-hydroxylation sites is 2. The summed E-state index contributed by atoms with van der Waals surface area (Å²) in [5, 5.41) is 0.734. The molecule has 0 saturated carbocycles. The predicted octanol–water partition coefficient (Wildman–Crippen LogP) is 3.16. The molecule has 2 heterocycles. The summed E-state index contributed by atoms with van der Waals surface area (Å²) in [4.78, 5) is 35.5. The number of morpholine rings is 1. The first-order chi connectivity index (χ1) is 15.7. The van der Waals surface area contributed by atoms with Crippen molar-refractivity contribution in [2.45, 2.75) is 24.0 Å². The third kappa shape index (κ3) is 4.47. The Hall–Kier alpha value is -2.97. The van der Waals surface area contributed by atoms with E-state index in [0.29, 0.717) is 38.5 Å². The van der Waals surface area contributed by atoms with Crippen molar-refractivity contribution in [1.29, 1.82) is 0 Å². The zero-order valence-corrected chi connectivity index (χ0v) is 18.3. The van der Waals surface area contributed by atoms with Gasteiger partial charge in [-0.25, -0.2) is 4.98 Å². The van der Waals surface area contributed by atoms with E-state index >= 15 is 0 Å². The van der Waals surface area contributed by atoms with Gasteiger partial charge in [0, 0.05) is 24.1 Å². The molecular weight excluding hydrogens is 426 g/mol. The molecule has 5 rings (SSSR count). The second-order valence-electron chi connectivity index (χ2n) is 7.83. The maximum absolute atomic E-state index is 12.8. The van der Waals surface area contributed by atoms with Gasteiger partial charge in [0.05, 0.1) is 36.1 Å². The van der Waals surface area contributed by atoms with Gasteiger partial charge in [-0.05, 0) is 24.6 Å². The highest BCUT2D eigenvalue weighted by atomic mass is 32.2. The van der Waals surface area contributed by atoms with Crippen LogP contribution in [0.25, 0.3) is 11.0 Å². The van der Waals surface area contributed by atoms with E-state index in [9.17, 15) is 9.59 Å². The smallest absolute Gasteiger partial charge is 0.233 e. The molecule has 1 saturated heterocycles. The highest BCUT2D eigenvalue weighted by Gasteiger charge is 2.27. The Morgan fingerprint density at radius 1 is 1.16 bits per heavy atom. The number of nitrogens with zero attached hydrogens (tertiary/aromatic N) is 3. The zero-order chi connectivity index (χ0) is 21.9. The van der Waals surface area contributed by atoms with Crippen LogP contribution in [-0.2, 0) is 16.0 Å². The molecule has 0 radical (unpaired) electrons. The van der Waals surface area contributed by atoms with E-state index < -0.39 is 0 Å². The molecular formula is C24H23N3O4S. The number of benzene rings is 2. The van der Waals surface area contributed by atoms with Gasteiger partial charge in [-0.3, -0.25) is 14.6 Å². The van der Waals surface area contributed by atoms with E-state index in [1.54, 1.807) is 6.20 Å². The van der Waals surface area contributed by atoms with Gasteiger partial charge in [-0.1, -0.05) is 36.0 Å². The molecule has 3 aromatic rings. The van der Waals surface area contributed by atoms with Crippen molar-refractivity contribution in [2.75, 3.05) is 32.1 Å². The number of aromatic nitrogens is 2. The van der Waals surface area contributed by atoms with Crippen LogP contribution in [0.2, 0.25) is 0 Å². The molecule has 1 amide bonds. The summed E-state index contributed by atoms with van der Waals surface area (Å²) in [6.45, 7) is 1.87. The normalized spacial score (nSPS) is 18.1. The molecule has 8 heteroatoms. The van der Waals surface area contributed by atoms with Crippen molar-refractivity contribution in [2.24, 2.45) is 0 Å². The summed E-state index contributed by atoms with van der Waals surface area (Å²) in [7, 11) is 0. The molecule has 32 heavy (non-hydrogen) atoms. The fraction of sp³-hybridized carbons (Fsp3) is 0.333. The zero-order valence-electron chi connectivity index (χ0n) is 17.5. The van der Waals surface area contributed by atoms with Crippen LogP contribution in [0.4, 0.5) is 0 Å². The lowest BCUT2D eigenvalue weighted by molar-refractivity contribution is -0.137. The Balaban J connectivity index is 1.15. The number of carbonyl (C=O) groups excluding carboxylic acids is 2. The van der Waals surface area contributed by atoms with Gasteiger partial charge in [-0.15, -0.1) is 0 Å². The summed E-state index contributed by atoms with van der Waals surface area (Å²) in [6, 6.07) is 13.3. The van der Waals surface area contributed by atoms with Crippen LogP contribution < -0.4 is 4.74 Å². The van der Waals surface area contributed by atoms with E-state index in [1.165, 1.54) is 11.8 Å². The topological polar surface area (TPSA) is 81.6 Å². The van der Waals surface area contributed by atoms with Crippen LogP contribution in [0.3, 0.4) is 0 Å². The number of thioether (sulfide) groups is 1. The lowest BCUT2D eigenvalue weighted by Gasteiger charge is -2.33. The summed E-state index contributed by atoms with van der Waals surface area (Å²) in [5.74, 6) is 1.26. The molecule has 7 nitrogen and oxygen atoms in total. The molecule has 0 bridgehead atoms. The van der Waals surface area contributed by atoms with E-state index in [2.05, 4.69) is 9.97 Å². The summed E-state index contributed by atoms with van der Waals surface area (Å²) in [5.41, 5.74) is 3.40. The molecule has 2 aromatic carbocycles. The third-order valence-electron chi connectivity index (χ3n) is 5.72. The Kier molecular flexibility index (Phi) is 6.05. The Labute approximate surface area is 190 Å². The van der Waals surface area contributed by atoms with Crippen molar-refractivity contribution in [1.82, 2.24) is 14.9 Å². The first kappa shape index (κ1) is 20.9. The van der Waals surface area contributed by atoms with Crippen molar-refractivity contribution in [3.63, 3.8) is 0 Å². The maximum Gasteiger partial charge on any atom is 0.233 e. The van der Waals surface area contributed by atoms with Crippen LogP contribution >= 0.6 is 11.8 Å². The largest absolute Gasteiger partial charge is 0.491 e. The van der Waals surface area contributed by atoms with Crippen molar-refractivity contribution in [3.05, 3.63) is 59.8 Å². The molecule has 2 aliphatic rings. The lowest BCUT2D eigenvalue weighted by atomic mass is 10.1. The van der Waals surface area contributed by atoms with E-state index in [0.717, 1.165) is 39.4 Å². The van der Waals surface area contributed by atoms with Crippen LogP contribution in [0.15, 0.2) is 53.7 Å². The predicted molar refractivity (Wildman–Crippen MR) is 121 cm³/mol. The second-order valence-corrected chi connectivity index (χ2v) is 8.83. The Morgan fingerprint density at radius 3 is 2.94 bits per heavy atom. The Bertz CT molecular complexity index is 1170. The number of amides is 1. The van der Waals surface area contributed by atoms with Gasteiger partial charge >= 0.3 is 0 Å². The van der Waals surface area contributed by atoms with Crippen molar-refractivity contribution in [3.8, 4) is 5.75 Å². The minimum Gasteiger partial charge on any atom is -0.491 e. The molecule has 1 aliphatic heterocycles. The van der Waals surface area contributed by atoms with E-state index in [1.807, 2.05) is 47.4 Å². The first-order valence-electron chi connectivity index (χ1n) is 10.7. The fourth-order valence-corrected chi connectivity index (χ4v) is 4.80. The number of carbonyl (C=O) groups is 2. The summed E-state index contributed by atoms with van der Waals surface area (Å²) in [6.07, 6.45) is 2.76. The number of hydrogen-bond donors (Lipinski definition) is 0. The minimum absolute atomic E-state index is 0.0458. The van der Waals surface area contributed by atoms with Gasteiger partial charge in [0.2, 0.25) is 5.91 Å². The average Bonchev–Trinajstić information content (AvgIpc) is 3.22. The molecule has 164 valence electrons. The fourth-order valence-electron chi connectivity index (χ4n) is 4.06. The quantitative estimate of drug-likeness (QED) is 0.535. The van der Waals surface area contributed by atoms with Crippen LogP contribution in [0.1, 0.15) is 22.3 Å². The Morgan fingerprint density at radius 2 is 2.03 bits per heavy atom. The highest BCUT2D eigenvalue weighted by Crippen LogP contribution is 2.30. The average molecular weight is 450 g/mol. The van der Waals surface area contributed by atoms with Gasteiger partial charge in [0.1, 0.15) is 23.5 Å². The molecule has 1 fully saturated rings. The standard InChI is InChI=1S/C24H23N3O4S/c28-21-9-8-18-17(21)4-3-7-22(18)31-14-16-13-27(10-11-30-16)24(29)15-32-23-12-25-19-5-1-2-6-20(19)26-23/h1-7,12,16H,8-11,13-15H2. The number of Topliss-reactive ketones (excluding diaryl/α,β-unsaturated/α-hetero) is 1. The SMILES string of the molecule is O=C1CCc2c(OCC3CN(C(=O)CSc4cnc5ccccc5n4)CCO3)cccc21. The number of ketones is 1. The monoisotopic (exact) mass is 449 g/mol. The first-order valence-corrected chi connectivity index (χ1v) is 11.7. The van der Waals surface area contributed by atoms with Gasteiger partial charge in [0.25, 0.3) is 0 Å². The second kappa shape index (κ2) is 9.26. The van der Waals surface area contributed by atoms with Gasteiger partial charge in [0.15, 0.2) is 5.78 Å². The van der Waals surface area contributed by atoms with E-state index in [4.69, 9.17) is 9.47 Å². The van der Waals surface area contributed by atoms with Crippen LogP contribution in [0, 0.1) is 0 Å². The molecule has 1 atom stereocenters. The van der Waals surface area contributed by atoms with Gasteiger partial charge < -0.3 is 14.4 Å². The summed E-state index contributed by atoms with van der Waals surface area (Å²) < 4.78 is 11.8. The molecule has 1 aliphatic carbocycles. The number of fused-ring (bicyclic) bond motifs is 2. The van der Waals surface area contributed by atoms with Crippen molar-refractivity contribution < 1.29 is 19.1 Å². The van der Waals surface area contributed by atoms with Crippen LogP contribution in [-0.4, -0.2) is 64.7 Å². The molecule has 0 spiro atoms. The number of hydrogen-bond acceptors (Lipinski definition) is 7. The number of rotatable bonds is 6. The summed E-state index contributed by atoms with van der Waals surface area (Å²) >= 11 is 1.39. The molecule has 1 aromatic heterocycles. The van der Waals surface area contributed by atoms with Crippen molar-refractivity contribution >= 4 is 34.5 Å². The van der Waals surface area contributed by atoms with Crippen LogP contribution in [0.5, 0.6) is 5.75 Å². The van der Waals surface area contributed by atoms with Gasteiger partial charge in [-0.2, -0.15) is 0 Å². The maximum atomic E-state index is 12.8. The lowest BCUT2D eigenvalue weighted by Crippen LogP contribution is -2.48. The molecule has 1 unspecified atom stereocenters. The highest BCUT2D eigenvalue weighted by molar-refractivity contribution is 7.99. The third-order valence-corrected chi connectivity index (χ3v) is 6.61. The molecule has 0 N–H and O–H groups in total.